The van der Waals surface area contributed by atoms with Gasteiger partial charge in [0.25, 0.3) is 11.8 Å². The number of hydrogen-bond donors (Lipinski definition) is 1. The normalized spacial score (nSPS) is 15.6. The van der Waals surface area contributed by atoms with Gasteiger partial charge in [-0.3, -0.25) is 9.59 Å². The summed E-state index contributed by atoms with van der Waals surface area (Å²) in [4.78, 5) is 27.4. The van der Waals surface area contributed by atoms with E-state index in [1.165, 1.54) is 7.11 Å². The van der Waals surface area contributed by atoms with E-state index in [0.29, 0.717) is 31.7 Å². The van der Waals surface area contributed by atoms with Crippen LogP contribution < -0.4 is 5.32 Å². The molecule has 1 atom stereocenters. The molecule has 0 saturated carbocycles. The van der Waals surface area contributed by atoms with Gasteiger partial charge in [0.2, 0.25) is 5.76 Å². The van der Waals surface area contributed by atoms with Crippen molar-refractivity contribution in [2.24, 2.45) is 0 Å². The molecule has 9 nitrogen and oxygen atoms in total. The highest BCUT2D eigenvalue weighted by molar-refractivity contribution is 5.94. The smallest absolute Gasteiger partial charge is 0.292 e. The summed E-state index contributed by atoms with van der Waals surface area (Å²) in [6.45, 7) is 5.15. The monoisotopic (exact) mass is 451 g/mol. The zero-order chi connectivity index (χ0) is 23.4. The van der Waals surface area contributed by atoms with Crippen LogP contribution in [0, 0.1) is 0 Å². The number of methoxy groups -OCH3 is 1. The van der Waals surface area contributed by atoms with Gasteiger partial charge in [0, 0.05) is 32.3 Å². The van der Waals surface area contributed by atoms with E-state index in [1.54, 1.807) is 23.2 Å². The van der Waals surface area contributed by atoms with Gasteiger partial charge < -0.3 is 19.5 Å². The fraction of sp³-hybridized carbons (Fsp3) is 0.417. The number of hydrogen-bond acceptors (Lipinski definition) is 6. The molecule has 1 fully saturated rings. The van der Waals surface area contributed by atoms with E-state index in [9.17, 15) is 9.59 Å². The van der Waals surface area contributed by atoms with E-state index in [0.717, 1.165) is 11.3 Å². The first-order chi connectivity index (χ1) is 16.0. The number of anilines is 1. The lowest BCUT2D eigenvalue weighted by atomic mass is 10.0. The van der Waals surface area contributed by atoms with Crippen molar-refractivity contribution in [1.82, 2.24) is 19.8 Å². The number of piperidine rings is 1. The Morgan fingerprint density at radius 3 is 2.52 bits per heavy atom. The number of benzene rings is 1. The topological polar surface area (TPSA) is 102 Å². The van der Waals surface area contributed by atoms with Crippen LogP contribution >= 0.6 is 0 Å². The van der Waals surface area contributed by atoms with E-state index in [-0.39, 0.29) is 29.5 Å². The Bertz CT molecular complexity index is 1080. The molecule has 3 aromatic rings. The van der Waals surface area contributed by atoms with Gasteiger partial charge in [0.05, 0.1) is 17.9 Å². The minimum Gasteiger partial charge on any atom is -0.367 e. The molecule has 0 spiro atoms. The summed E-state index contributed by atoms with van der Waals surface area (Å²) in [5.41, 5.74) is 1.55. The number of nitrogens with zero attached hydrogens (tertiary/aromatic N) is 4. The van der Waals surface area contributed by atoms with E-state index in [1.807, 2.05) is 48.9 Å². The molecule has 3 heterocycles. The zero-order valence-electron chi connectivity index (χ0n) is 19.1. The van der Waals surface area contributed by atoms with Crippen LogP contribution in [0.2, 0.25) is 0 Å². The van der Waals surface area contributed by atoms with Crippen molar-refractivity contribution in [2.75, 3.05) is 25.5 Å². The summed E-state index contributed by atoms with van der Waals surface area (Å²) in [6, 6.07) is 12.9. The number of likely N-dealkylation sites (tertiary alicyclic amines) is 1. The lowest BCUT2D eigenvalue weighted by molar-refractivity contribution is -0.126. The maximum absolute atomic E-state index is 12.9. The first-order valence-electron chi connectivity index (χ1n) is 11.2. The fourth-order valence-electron chi connectivity index (χ4n) is 4.05. The molecule has 1 aliphatic rings. The third-order valence-corrected chi connectivity index (χ3v) is 5.93. The molecule has 2 aromatic heterocycles. The van der Waals surface area contributed by atoms with Crippen molar-refractivity contribution < 1.29 is 18.8 Å². The van der Waals surface area contributed by atoms with Crippen molar-refractivity contribution in [1.29, 1.82) is 0 Å². The van der Waals surface area contributed by atoms with Crippen LogP contribution in [0.5, 0.6) is 0 Å². The molecule has 0 radical (unpaired) electrons. The molecule has 0 bridgehead atoms. The first kappa shape index (κ1) is 22.7. The van der Waals surface area contributed by atoms with E-state index in [4.69, 9.17) is 9.26 Å². The van der Waals surface area contributed by atoms with E-state index in [2.05, 4.69) is 15.6 Å². The van der Waals surface area contributed by atoms with Gasteiger partial charge in [0.15, 0.2) is 6.10 Å². The molecular weight excluding hydrogens is 422 g/mol. The molecular formula is C24H29N5O4. The van der Waals surface area contributed by atoms with Gasteiger partial charge >= 0.3 is 0 Å². The van der Waals surface area contributed by atoms with Gasteiger partial charge in [0.1, 0.15) is 5.82 Å². The Balaban J connectivity index is 1.38. The summed E-state index contributed by atoms with van der Waals surface area (Å²) in [5.74, 6) is 0.682. The maximum Gasteiger partial charge on any atom is 0.292 e. The Labute approximate surface area is 192 Å². The van der Waals surface area contributed by atoms with Crippen LogP contribution in [0.4, 0.5) is 5.82 Å². The van der Waals surface area contributed by atoms with Crippen molar-refractivity contribution in [3.05, 3.63) is 65.7 Å². The SMILES string of the molecule is CO[C@H](C(=O)Nc1ccnn1C1CCN(C(=O)c2cc(C(C)C)no2)CC1)c1ccccc1. The molecule has 1 aromatic carbocycles. The number of carbonyl (C=O) groups excluding carboxylic acids is 2. The largest absolute Gasteiger partial charge is 0.367 e. The molecule has 174 valence electrons. The van der Waals surface area contributed by atoms with Crippen molar-refractivity contribution in [2.45, 2.75) is 44.8 Å². The summed E-state index contributed by atoms with van der Waals surface area (Å²) < 4.78 is 12.5. The van der Waals surface area contributed by atoms with Crippen LogP contribution in [-0.4, -0.2) is 51.9 Å². The molecule has 33 heavy (non-hydrogen) atoms. The minimum atomic E-state index is -0.716. The third-order valence-electron chi connectivity index (χ3n) is 5.93. The van der Waals surface area contributed by atoms with Crippen LogP contribution in [0.15, 0.2) is 53.2 Å². The molecule has 1 N–H and O–H groups in total. The third kappa shape index (κ3) is 4.98. The Kier molecular flexibility index (Phi) is 6.88. The predicted molar refractivity (Wildman–Crippen MR) is 122 cm³/mol. The maximum atomic E-state index is 12.9. The number of ether oxygens (including phenoxy) is 1. The molecule has 4 rings (SSSR count). The minimum absolute atomic E-state index is 0.0676. The van der Waals surface area contributed by atoms with Gasteiger partial charge in [-0.1, -0.05) is 49.3 Å². The van der Waals surface area contributed by atoms with Crippen LogP contribution in [0.1, 0.15) is 66.6 Å². The molecule has 0 aliphatic carbocycles. The van der Waals surface area contributed by atoms with Crippen molar-refractivity contribution in [3.63, 3.8) is 0 Å². The molecule has 1 aliphatic heterocycles. The molecule has 2 amide bonds. The van der Waals surface area contributed by atoms with E-state index < -0.39 is 6.10 Å². The fourth-order valence-corrected chi connectivity index (χ4v) is 4.05. The summed E-state index contributed by atoms with van der Waals surface area (Å²) in [7, 11) is 1.51. The quantitative estimate of drug-likeness (QED) is 0.586. The van der Waals surface area contributed by atoms with Gasteiger partial charge in [-0.15, -0.1) is 0 Å². The van der Waals surface area contributed by atoms with Gasteiger partial charge in [-0.05, 0) is 24.3 Å². The highest BCUT2D eigenvalue weighted by Crippen LogP contribution is 2.27. The highest BCUT2D eigenvalue weighted by atomic mass is 16.5. The number of aromatic nitrogens is 3. The van der Waals surface area contributed by atoms with Gasteiger partial charge in [-0.25, -0.2) is 4.68 Å². The van der Waals surface area contributed by atoms with Crippen molar-refractivity contribution in [3.8, 4) is 0 Å². The Hall–Kier alpha value is -3.46. The average Bonchev–Trinajstić information content (AvgIpc) is 3.50. The second-order valence-corrected chi connectivity index (χ2v) is 8.47. The number of nitrogens with one attached hydrogen (secondary N) is 1. The lowest BCUT2D eigenvalue weighted by Gasteiger charge is -2.32. The first-order valence-corrected chi connectivity index (χ1v) is 11.2. The molecule has 9 heteroatoms. The standard InChI is InChI=1S/C24H29N5O4/c1-16(2)19-15-20(33-27-19)24(31)28-13-10-18(11-14-28)29-21(9-12-25-29)26-23(30)22(32-3)17-7-5-4-6-8-17/h4-9,12,15-16,18,22H,10-11,13-14H2,1-3H3,(H,26,30)/t22-/m0/s1. The summed E-state index contributed by atoms with van der Waals surface area (Å²) in [6.07, 6.45) is 2.38. The summed E-state index contributed by atoms with van der Waals surface area (Å²) >= 11 is 0. The zero-order valence-corrected chi connectivity index (χ0v) is 19.1. The van der Waals surface area contributed by atoms with Crippen LogP contribution in [-0.2, 0) is 9.53 Å². The number of rotatable bonds is 7. The Morgan fingerprint density at radius 2 is 1.88 bits per heavy atom. The van der Waals surface area contributed by atoms with Crippen LogP contribution in [0.3, 0.4) is 0 Å². The molecule has 1 saturated heterocycles. The predicted octanol–water partition coefficient (Wildman–Crippen LogP) is 3.80. The average molecular weight is 452 g/mol. The summed E-state index contributed by atoms with van der Waals surface area (Å²) in [5, 5.41) is 11.4. The number of carbonyl (C=O) groups is 2. The second kappa shape index (κ2) is 9.99. The van der Waals surface area contributed by atoms with Crippen LogP contribution in [0.25, 0.3) is 0 Å². The lowest BCUT2D eigenvalue weighted by Crippen LogP contribution is -2.39. The number of amides is 2. The second-order valence-electron chi connectivity index (χ2n) is 8.47. The van der Waals surface area contributed by atoms with Crippen molar-refractivity contribution >= 4 is 17.6 Å². The van der Waals surface area contributed by atoms with E-state index >= 15 is 0 Å². The highest BCUT2D eigenvalue weighted by Gasteiger charge is 2.29. The Morgan fingerprint density at radius 1 is 1.15 bits per heavy atom. The molecule has 0 unspecified atom stereocenters. The van der Waals surface area contributed by atoms with Gasteiger partial charge in [-0.2, -0.15) is 5.10 Å².